The topological polar surface area (TPSA) is 105 Å². The van der Waals surface area contributed by atoms with Gasteiger partial charge in [-0.15, -0.1) is 0 Å². The number of methoxy groups -OCH3 is 2. The lowest BCUT2D eigenvalue weighted by atomic mass is 9.70. The Balaban J connectivity index is 1.89. The van der Waals surface area contributed by atoms with E-state index in [1.165, 1.54) is 14.2 Å². The van der Waals surface area contributed by atoms with E-state index in [-0.39, 0.29) is 17.1 Å². The van der Waals surface area contributed by atoms with Crippen molar-refractivity contribution in [2.45, 2.75) is 23.2 Å². The summed E-state index contributed by atoms with van der Waals surface area (Å²) in [6.45, 7) is 0. The number of hydrogen-bond donors (Lipinski definition) is 3. The number of hydrogen-bond acceptors (Lipinski definition) is 6. The van der Waals surface area contributed by atoms with Crippen molar-refractivity contribution in [3.8, 4) is 17.2 Å². The number of ether oxygens (including phenoxy) is 3. The second kappa shape index (κ2) is 8.01. The van der Waals surface area contributed by atoms with Gasteiger partial charge in [0.2, 0.25) is 0 Å². The highest BCUT2D eigenvalue weighted by molar-refractivity contribution is 9.10. The summed E-state index contributed by atoms with van der Waals surface area (Å²) < 4.78 is 18.4. The smallest absolute Gasteiger partial charge is 0.310 e. The van der Waals surface area contributed by atoms with E-state index in [0.717, 1.165) is 4.47 Å². The summed E-state index contributed by atoms with van der Waals surface area (Å²) in [4.78, 5) is 12.6. The normalized spacial score (nSPS) is 29.1. The van der Waals surface area contributed by atoms with E-state index in [4.69, 9.17) is 14.2 Å². The monoisotopic (exact) mass is 526 g/mol. The van der Waals surface area contributed by atoms with Gasteiger partial charge in [0.25, 0.3) is 0 Å². The molecule has 0 aromatic heterocycles. The predicted octanol–water partition coefficient (Wildman–Crippen LogP) is 3.80. The Bertz CT molecular complexity index is 1250. The average molecular weight is 527 g/mol. The Morgan fingerprint density at radius 2 is 1.71 bits per heavy atom. The summed E-state index contributed by atoms with van der Waals surface area (Å²) in [6, 6.07) is 19.3. The van der Waals surface area contributed by atoms with Crippen LogP contribution in [-0.4, -0.2) is 41.6 Å². The highest BCUT2D eigenvalue weighted by Gasteiger charge is 2.78. The van der Waals surface area contributed by atoms with Gasteiger partial charge >= 0.3 is 5.97 Å². The van der Waals surface area contributed by atoms with E-state index in [9.17, 15) is 20.1 Å². The molecule has 8 heteroatoms. The molecule has 1 aliphatic carbocycles. The fourth-order valence-electron chi connectivity index (χ4n) is 5.64. The molecule has 0 saturated heterocycles. The lowest BCUT2D eigenvalue weighted by molar-refractivity contribution is -0.159. The van der Waals surface area contributed by atoms with E-state index >= 15 is 0 Å². The Morgan fingerprint density at radius 3 is 2.29 bits per heavy atom. The van der Waals surface area contributed by atoms with E-state index < -0.39 is 35.1 Å². The van der Waals surface area contributed by atoms with Gasteiger partial charge in [0.05, 0.1) is 25.7 Å². The number of carboxylic acids is 1. The van der Waals surface area contributed by atoms with Crippen LogP contribution in [0, 0.1) is 5.92 Å². The third-order valence-corrected chi connectivity index (χ3v) is 7.52. The zero-order chi connectivity index (χ0) is 24.3. The van der Waals surface area contributed by atoms with Crippen LogP contribution in [0.25, 0.3) is 0 Å². The molecule has 2 aliphatic rings. The maximum absolute atomic E-state index is 12.6. The van der Waals surface area contributed by atoms with Crippen LogP contribution in [-0.2, 0) is 16.0 Å². The van der Waals surface area contributed by atoms with Gasteiger partial charge in [-0.25, -0.2) is 0 Å². The molecule has 5 rings (SSSR count). The van der Waals surface area contributed by atoms with Gasteiger partial charge in [0.15, 0.2) is 11.2 Å². The average Bonchev–Trinajstić information content (AvgIpc) is 3.22. The predicted molar refractivity (Wildman–Crippen MR) is 126 cm³/mol. The first kappa shape index (κ1) is 22.7. The van der Waals surface area contributed by atoms with Crippen molar-refractivity contribution >= 4 is 21.9 Å². The quantitative estimate of drug-likeness (QED) is 0.464. The Morgan fingerprint density at radius 1 is 1.03 bits per heavy atom. The van der Waals surface area contributed by atoms with Crippen LogP contribution in [0.3, 0.4) is 0 Å². The number of aliphatic carboxylic acids is 1. The molecular formula is C26H23BrO7. The van der Waals surface area contributed by atoms with Gasteiger partial charge in [-0.05, 0) is 23.3 Å². The third-order valence-electron chi connectivity index (χ3n) is 7.00. The zero-order valence-corrected chi connectivity index (χ0v) is 20.0. The highest BCUT2D eigenvalue weighted by atomic mass is 79.9. The second-order valence-electron chi connectivity index (χ2n) is 8.51. The summed E-state index contributed by atoms with van der Waals surface area (Å²) in [6.07, 6.45) is -1.71. The molecule has 1 heterocycles. The molecule has 3 aromatic carbocycles. The Hall–Kier alpha value is -3.07. The summed E-state index contributed by atoms with van der Waals surface area (Å²) >= 11 is 3.43. The summed E-state index contributed by atoms with van der Waals surface area (Å²) in [7, 11) is 2.93. The van der Waals surface area contributed by atoms with Gasteiger partial charge in [0, 0.05) is 22.5 Å². The van der Waals surface area contributed by atoms with Crippen molar-refractivity contribution in [3.63, 3.8) is 0 Å². The van der Waals surface area contributed by atoms with E-state index in [1.807, 2.05) is 6.07 Å². The first-order chi connectivity index (χ1) is 16.3. The minimum atomic E-state index is -2.14. The molecule has 5 atom stereocenters. The van der Waals surface area contributed by atoms with Gasteiger partial charge in [-0.2, -0.15) is 0 Å². The zero-order valence-electron chi connectivity index (χ0n) is 18.4. The first-order valence-corrected chi connectivity index (χ1v) is 11.5. The van der Waals surface area contributed by atoms with Crippen LogP contribution in [0.15, 0.2) is 71.2 Å². The SMILES string of the molecule is COc1cc(OC)c2c(c1)O[C@@]1(c3ccc(Br)cc3)[C@H](c3ccccc3)[C@@H](C(=O)O)[C@@H](O)[C@@]21O. The lowest BCUT2D eigenvalue weighted by Crippen LogP contribution is -2.52. The number of halogens is 1. The molecule has 1 saturated carbocycles. The molecule has 0 unspecified atom stereocenters. The number of carboxylic acid groups (broad SMARTS) is 1. The molecule has 0 amide bonds. The summed E-state index contributed by atoms with van der Waals surface area (Å²) in [5.41, 5.74) is -2.48. The first-order valence-electron chi connectivity index (χ1n) is 10.7. The molecule has 0 radical (unpaired) electrons. The lowest BCUT2D eigenvalue weighted by Gasteiger charge is -2.40. The molecule has 0 bridgehead atoms. The van der Waals surface area contributed by atoms with E-state index in [1.54, 1.807) is 60.7 Å². The number of aliphatic hydroxyl groups is 2. The largest absolute Gasteiger partial charge is 0.496 e. The van der Waals surface area contributed by atoms with E-state index in [0.29, 0.717) is 16.9 Å². The van der Waals surface area contributed by atoms with Crippen LogP contribution in [0.4, 0.5) is 0 Å². The molecule has 1 fully saturated rings. The van der Waals surface area contributed by atoms with Crippen molar-refractivity contribution in [1.82, 2.24) is 0 Å². The fourth-order valence-corrected chi connectivity index (χ4v) is 5.90. The van der Waals surface area contributed by atoms with E-state index in [2.05, 4.69) is 15.9 Å². The molecule has 7 nitrogen and oxygen atoms in total. The number of benzene rings is 3. The van der Waals surface area contributed by atoms with Crippen molar-refractivity contribution in [1.29, 1.82) is 0 Å². The standard InChI is InChI=1S/C26H23BrO7/c1-32-17-12-18(33-2)22-19(13-17)34-26(15-8-10-16(27)11-9-15)21(14-6-4-3-5-7-14)20(24(29)30)23(28)25(22,26)31/h3-13,20-21,23,28,31H,1-2H3,(H,29,30)/t20-,21-,23-,25+,26+/m1/s1. The van der Waals surface area contributed by atoms with Gasteiger partial charge in [-0.3, -0.25) is 4.79 Å². The maximum Gasteiger partial charge on any atom is 0.310 e. The van der Waals surface area contributed by atoms with Crippen LogP contribution < -0.4 is 14.2 Å². The minimum absolute atomic E-state index is 0.191. The number of fused-ring (bicyclic) bond motifs is 3. The fraction of sp³-hybridized carbons (Fsp3) is 0.269. The molecule has 0 spiro atoms. The van der Waals surface area contributed by atoms with Crippen molar-refractivity contribution in [2.75, 3.05) is 14.2 Å². The molecular weight excluding hydrogens is 504 g/mol. The van der Waals surface area contributed by atoms with Gasteiger partial charge in [-0.1, -0.05) is 58.4 Å². The van der Waals surface area contributed by atoms with Crippen LogP contribution in [0.5, 0.6) is 17.2 Å². The van der Waals surface area contributed by atoms with Crippen LogP contribution >= 0.6 is 15.9 Å². The summed E-state index contributed by atoms with van der Waals surface area (Å²) in [5, 5.41) is 34.3. The molecule has 34 heavy (non-hydrogen) atoms. The minimum Gasteiger partial charge on any atom is -0.496 e. The third kappa shape index (κ3) is 2.85. The molecule has 3 aromatic rings. The van der Waals surface area contributed by atoms with Crippen LogP contribution in [0.1, 0.15) is 22.6 Å². The van der Waals surface area contributed by atoms with Crippen molar-refractivity contribution in [3.05, 3.63) is 87.9 Å². The number of rotatable bonds is 5. The summed E-state index contributed by atoms with van der Waals surface area (Å²) in [5.74, 6) is -2.62. The highest BCUT2D eigenvalue weighted by Crippen LogP contribution is 2.70. The van der Waals surface area contributed by atoms with Gasteiger partial charge in [0.1, 0.15) is 23.4 Å². The van der Waals surface area contributed by atoms with Crippen molar-refractivity contribution < 1.29 is 34.3 Å². The van der Waals surface area contributed by atoms with Crippen molar-refractivity contribution in [2.24, 2.45) is 5.92 Å². The number of aliphatic hydroxyl groups excluding tert-OH is 1. The molecule has 176 valence electrons. The molecule has 1 aliphatic heterocycles. The molecule has 3 N–H and O–H groups in total. The van der Waals surface area contributed by atoms with Gasteiger partial charge < -0.3 is 29.5 Å². The Kier molecular flexibility index (Phi) is 5.35. The Labute approximate surface area is 204 Å². The van der Waals surface area contributed by atoms with Crippen LogP contribution in [0.2, 0.25) is 0 Å². The number of carbonyl (C=O) groups is 1. The maximum atomic E-state index is 12.6. The second-order valence-corrected chi connectivity index (χ2v) is 9.43.